The van der Waals surface area contributed by atoms with Crippen LogP contribution in [0.1, 0.15) is 35.4 Å². The third kappa shape index (κ3) is 4.86. The largest absolute Gasteiger partial charge is 0.471 e. The molecule has 0 spiro atoms. The molecule has 1 aromatic heterocycles. The Labute approximate surface area is 161 Å². The van der Waals surface area contributed by atoms with Gasteiger partial charge in [0, 0.05) is 12.3 Å². The number of carbonyl (C=O) groups excluding carboxylic acids is 1. The molecule has 27 heavy (non-hydrogen) atoms. The molecule has 1 N–H and O–H groups in total. The smallest absolute Gasteiger partial charge is 0.272 e. The number of hydrogen-bond donors (Lipinski definition) is 1. The Morgan fingerprint density at radius 3 is 2.74 bits per heavy atom. The van der Waals surface area contributed by atoms with Crippen molar-refractivity contribution in [3.05, 3.63) is 82.9 Å². The maximum absolute atomic E-state index is 13.2. The third-order valence-corrected chi connectivity index (χ3v) is 4.33. The van der Waals surface area contributed by atoms with E-state index in [1.54, 1.807) is 12.3 Å². The predicted molar refractivity (Wildman–Crippen MR) is 101 cm³/mol. The van der Waals surface area contributed by atoms with Gasteiger partial charge in [0.25, 0.3) is 5.91 Å². The molecule has 1 unspecified atom stereocenters. The molecule has 3 rings (SSSR count). The first-order valence-electron chi connectivity index (χ1n) is 8.54. The molecule has 0 radical (unpaired) electrons. The standard InChI is InChI=1S/C20H19ClFN3O2/c1-2-18(14-6-4-3-5-7-14)23-20(26)19-10-11-25(24-19)13-27-15-8-9-17(22)16(21)12-15/h3-12,18H,2,13H2,1H3,(H,23,26). The van der Waals surface area contributed by atoms with Gasteiger partial charge < -0.3 is 10.1 Å². The summed E-state index contributed by atoms with van der Waals surface area (Å²) in [7, 11) is 0. The fraction of sp³-hybridized carbons (Fsp3) is 0.200. The second-order valence-electron chi connectivity index (χ2n) is 5.93. The first kappa shape index (κ1) is 18.9. The number of amides is 1. The van der Waals surface area contributed by atoms with Crippen LogP contribution in [0.4, 0.5) is 4.39 Å². The Morgan fingerprint density at radius 2 is 2.04 bits per heavy atom. The third-order valence-electron chi connectivity index (χ3n) is 4.04. The lowest BCUT2D eigenvalue weighted by atomic mass is 10.0. The van der Waals surface area contributed by atoms with Crippen molar-refractivity contribution in [2.75, 3.05) is 0 Å². The van der Waals surface area contributed by atoms with Crippen LogP contribution < -0.4 is 10.1 Å². The van der Waals surface area contributed by atoms with Gasteiger partial charge in [0.1, 0.15) is 17.3 Å². The summed E-state index contributed by atoms with van der Waals surface area (Å²) in [5.41, 5.74) is 1.34. The summed E-state index contributed by atoms with van der Waals surface area (Å²) in [6.07, 6.45) is 2.41. The van der Waals surface area contributed by atoms with Crippen LogP contribution in [0.5, 0.6) is 5.75 Å². The summed E-state index contributed by atoms with van der Waals surface area (Å²) in [6.45, 7) is 2.09. The molecule has 0 saturated heterocycles. The summed E-state index contributed by atoms with van der Waals surface area (Å²) < 4.78 is 20.2. The second kappa shape index (κ2) is 8.68. The second-order valence-corrected chi connectivity index (χ2v) is 6.34. The monoisotopic (exact) mass is 387 g/mol. The summed E-state index contributed by atoms with van der Waals surface area (Å²) in [5.74, 6) is -0.349. The number of rotatable bonds is 7. The van der Waals surface area contributed by atoms with E-state index in [2.05, 4.69) is 10.4 Å². The van der Waals surface area contributed by atoms with Crippen LogP contribution in [0, 0.1) is 5.82 Å². The van der Waals surface area contributed by atoms with Gasteiger partial charge >= 0.3 is 0 Å². The average Bonchev–Trinajstić information content (AvgIpc) is 3.17. The van der Waals surface area contributed by atoms with E-state index < -0.39 is 5.82 Å². The quantitative estimate of drug-likeness (QED) is 0.645. The zero-order valence-corrected chi connectivity index (χ0v) is 15.5. The van der Waals surface area contributed by atoms with Gasteiger partial charge in [-0.3, -0.25) is 4.79 Å². The first-order valence-corrected chi connectivity index (χ1v) is 8.91. The van der Waals surface area contributed by atoms with Gasteiger partial charge in [0.05, 0.1) is 11.1 Å². The highest BCUT2D eigenvalue weighted by atomic mass is 35.5. The van der Waals surface area contributed by atoms with Crippen molar-refractivity contribution in [3.63, 3.8) is 0 Å². The maximum atomic E-state index is 13.2. The molecule has 0 saturated carbocycles. The molecule has 7 heteroatoms. The van der Waals surface area contributed by atoms with E-state index in [4.69, 9.17) is 16.3 Å². The van der Waals surface area contributed by atoms with Crippen molar-refractivity contribution >= 4 is 17.5 Å². The molecule has 0 aliphatic heterocycles. The molecule has 0 fully saturated rings. The Hall–Kier alpha value is -2.86. The molecule has 1 amide bonds. The lowest BCUT2D eigenvalue weighted by Crippen LogP contribution is -2.28. The number of nitrogens with zero attached hydrogens (tertiary/aromatic N) is 2. The van der Waals surface area contributed by atoms with Crippen molar-refractivity contribution in [1.82, 2.24) is 15.1 Å². The predicted octanol–water partition coefficient (Wildman–Crippen LogP) is 4.59. The molecule has 2 aromatic carbocycles. The fourth-order valence-corrected chi connectivity index (χ4v) is 2.77. The first-order chi connectivity index (χ1) is 13.1. The van der Waals surface area contributed by atoms with Gasteiger partial charge in [-0.1, -0.05) is 48.9 Å². The highest BCUT2D eigenvalue weighted by Gasteiger charge is 2.16. The normalized spacial score (nSPS) is 11.8. The number of hydrogen-bond acceptors (Lipinski definition) is 3. The lowest BCUT2D eigenvalue weighted by molar-refractivity contribution is 0.0928. The average molecular weight is 388 g/mol. The van der Waals surface area contributed by atoms with Crippen LogP contribution >= 0.6 is 11.6 Å². The zero-order chi connectivity index (χ0) is 19.2. The minimum Gasteiger partial charge on any atom is -0.471 e. The van der Waals surface area contributed by atoms with E-state index in [-0.39, 0.29) is 23.7 Å². The molecule has 0 aliphatic rings. The Balaban J connectivity index is 1.60. The number of ether oxygens (including phenoxy) is 1. The van der Waals surface area contributed by atoms with Gasteiger partial charge in [-0.15, -0.1) is 0 Å². The Morgan fingerprint density at radius 1 is 1.26 bits per heavy atom. The highest BCUT2D eigenvalue weighted by molar-refractivity contribution is 6.30. The van der Waals surface area contributed by atoms with Crippen molar-refractivity contribution in [2.45, 2.75) is 26.1 Å². The van der Waals surface area contributed by atoms with Crippen LogP contribution in [0.15, 0.2) is 60.8 Å². The van der Waals surface area contributed by atoms with E-state index in [1.807, 2.05) is 37.3 Å². The number of carbonyl (C=O) groups is 1. The Kier molecular flexibility index (Phi) is 6.08. The Bertz CT molecular complexity index is 915. The minimum atomic E-state index is -0.508. The van der Waals surface area contributed by atoms with Crippen molar-refractivity contribution in [3.8, 4) is 5.75 Å². The van der Waals surface area contributed by atoms with Crippen LogP contribution in [-0.4, -0.2) is 15.7 Å². The number of aromatic nitrogens is 2. The molecule has 5 nitrogen and oxygen atoms in total. The van der Waals surface area contributed by atoms with Gasteiger partial charge in [0.15, 0.2) is 6.73 Å². The highest BCUT2D eigenvalue weighted by Crippen LogP contribution is 2.21. The number of benzene rings is 2. The van der Waals surface area contributed by atoms with Crippen LogP contribution in [0.25, 0.3) is 0 Å². The van der Waals surface area contributed by atoms with Crippen molar-refractivity contribution in [2.24, 2.45) is 0 Å². The van der Waals surface area contributed by atoms with Crippen LogP contribution in [0.3, 0.4) is 0 Å². The van der Waals surface area contributed by atoms with Gasteiger partial charge in [-0.05, 0) is 30.2 Å². The maximum Gasteiger partial charge on any atom is 0.272 e. The van der Waals surface area contributed by atoms with E-state index in [1.165, 1.54) is 22.9 Å². The molecule has 0 aliphatic carbocycles. The van der Waals surface area contributed by atoms with E-state index in [9.17, 15) is 9.18 Å². The van der Waals surface area contributed by atoms with E-state index >= 15 is 0 Å². The topological polar surface area (TPSA) is 56.2 Å². The summed E-state index contributed by atoms with van der Waals surface area (Å²) in [6, 6.07) is 15.4. The van der Waals surface area contributed by atoms with E-state index in [0.29, 0.717) is 11.4 Å². The fourth-order valence-electron chi connectivity index (χ4n) is 2.60. The molecule has 1 atom stereocenters. The minimum absolute atomic E-state index is 0.0143. The van der Waals surface area contributed by atoms with Gasteiger partial charge in [0.2, 0.25) is 0 Å². The molecule has 1 heterocycles. The summed E-state index contributed by atoms with van der Waals surface area (Å²) in [5, 5.41) is 7.19. The van der Waals surface area contributed by atoms with Gasteiger partial charge in [-0.2, -0.15) is 5.10 Å². The molecule has 140 valence electrons. The van der Waals surface area contributed by atoms with Crippen LogP contribution in [-0.2, 0) is 6.73 Å². The van der Waals surface area contributed by atoms with Crippen LogP contribution in [0.2, 0.25) is 5.02 Å². The molecular formula is C20H19ClFN3O2. The number of halogens is 2. The molecular weight excluding hydrogens is 369 g/mol. The van der Waals surface area contributed by atoms with Crippen molar-refractivity contribution < 1.29 is 13.9 Å². The van der Waals surface area contributed by atoms with Crippen molar-refractivity contribution in [1.29, 1.82) is 0 Å². The lowest BCUT2D eigenvalue weighted by Gasteiger charge is -2.16. The summed E-state index contributed by atoms with van der Waals surface area (Å²) >= 11 is 5.72. The molecule has 0 bridgehead atoms. The summed E-state index contributed by atoms with van der Waals surface area (Å²) in [4.78, 5) is 12.5. The van der Waals surface area contributed by atoms with Gasteiger partial charge in [-0.25, -0.2) is 9.07 Å². The number of nitrogens with one attached hydrogen (secondary N) is 1. The molecule has 3 aromatic rings. The van der Waals surface area contributed by atoms with E-state index in [0.717, 1.165) is 12.0 Å². The zero-order valence-electron chi connectivity index (χ0n) is 14.7. The SMILES string of the molecule is CCC(NC(=O)c1ccn(COc2ccc(F)c(Cl)c2)n1)c1ccccc1.